The minimum absolute atomic E-state index is 0.0105. The molecule has 2 saturated heterocycles. The molecule has 3 aliphatic rings. The van der Waals surface area contributed by atoms with Gasteiger partial charge in [-0.1, -0.05) is 203 Å². The molecule has 2 fully saturated rings. The molecule has 2 aromatic heterocycles. The molecule has 11 atom stereocenters. The molecule has 5 aromatic carbocycles. The lowest BCUT2D eigenvalue weighted by Gasteiger charge is -2.41. The minimum atomic E-state index is -0.954. The van der Waals surface area contributed by atoms with Crippen LogP contribution in [0, 0.1) is 42.4 Å². The molecule has 9 amide bonds. The van der Waals surface area contributed by atoms with Crippen molar-refractivity contribution < 1.29 is 91.1 Å². The van der Waals surface area contributed by atoms with Gasteiger partial charge in [-0.3, -0.25) is 52.8 Å². The van der Waals surface area contributed by atoms with E-state index < -0.39 is 72.3 Å². The lowest BCUT2D eigenvalue weighted by molar-refractivity contribution is -0.148. The number of carbonyl (C=O) groups excluding carboxylic acids is 11. The van der Waals surface area contributed by atoms with Gasteiger partial charge in [0.05, 0.1) is 88.1 Å². The van der Waals surface area contributed by atoms with Crippen LogP contribution >= 0.6 is 11.3 Å². The maximum absolute atomic E-state index is 14.6. The quantitative estimate of drug-likeness (QED) is 0.0203. The number of amides is 9. The van der Waals surface area contributed by atoms with Crippen molar-refractivity contribution in [1.82, 2.24) is 60.0 Å². The van der Waals surface area contributed by atoms with Crippen LogP contribution < -0.4 is 16.0 Å². The fourth-order valence-corrected chi connectivity index (χ4v) is 19.6. The summed E-state index contributed by atoms with van der Waals surface area (Å²) < 4.78 is 36.9. The highest BCUT2D eigenvalue weighted by Gasteiger charge is 2.45. The van der Waals surface area contributed by atoms with Gasteiger partial charge >= 0.3 is 18.2 Å². The van der Waals surface area contributed by atoms with Crippen molar-refractivity contribution in [3.05, 3.63) is 184 Å². The van der Waals surface area contributed by atoms with Crippen molar-refractivity contribution in [2.75, 3.05) is 102 Å². The topological polar surface area (TPSA) is 357 Å². The Morgan fingerprint density at radius 3 is 1.87 bits per heavy atom. The highest BCUT2D eigenvalue weighted by Crippen LogP contribution is 2.45. The zero-order valence-electron chi connectivity index (χ0n) is 84.0. The van der Waals surface area contributed by atoms with E-state index >= 15 is 0 Å². The van der Waals surface area contributed by atoms with Gasteiger partial charge in [0.25, 0.3) is 0 Å². The number of hydrazine groups is 1. The number of nitrogens with zero attached hydrogens (tertiary/aromatic N) is 9. The van der Waals surface area contributed by atoms with Gasteiger partial charge in [-0.05, 0) is 121 Å². The molecule has 0 spiro atoms. The van der Waals surface area contributed by atoms with E-state index in [0.717, 1.165) is 67.0 Å². The number of ether oxygens (including phenoxy) is 6. The summed E-state index contributed by atoms with van der Waals surface area (Å²) in [5.74, 6) is -5.19. The number of aryl methyl sites for hydroxylation is 2. The van der Waals surface area contributed by atoms with Gasteiger partial charge in [0, 0.05) is 148 Å². The maximum atomic E-state index is 14.6. The highest BCUT2D eigenvalue weighted by atomic mass is 32.1. The monoisotopic (exact) mass is 1930 g/mol. The van der Waals surface area contributed by atoms with Gasteiger partial charge in [-0.2, -0.15) is 0 Å². The molecule has 0 bridgehead atoms. The van der Waals surface area contributed by atoms with Gasteiger partial charge in [0.15, 0.2) is 5.78 Å². The Hall–Kier alpha value is -11.3. The van der Waals surface area contributed by atoms with Crippen LogP contribution in [0.3, 0.4) is 0 Å². The number of likely N-dealkylation sites (N-methyl/N-ethyl adjacent to an activating group) is 2. The van der Waals surface area contributed by atoms with Crippen molar-refractivity contribution in [1.29, 1.82) is 0 Å². The van der Waals surface area contributed by atoms with E-state index in [1.165, 1.54) is 28.3 Å². The number of carbonyl (C=O) groups is 12. The van der Waals surface area contributed by atoms with Crippen LogP contribution in [0.1, 0.15) is 204 Å². The summed E-state index contributed by atoms with van der Waals surface area (Å²) >= 11 is 1.49. The SMILES string of the molecule is CCC(=O)[C@H](C)NC(=O)[C@@H](CC(=O)CCC(=O)N(CCOCCOCCC(=O)O)C1CCN(C(=O)CCn2c(CN(C)N(C)C(=O)OCC3c4ccccc4-c4ccccc43)cc3ccccc32)CC1)C(C)C.CC[C@H](C)[C@@H]([C@@H](CC(=O)N1CCC[C@H]1[C@H](OC)[C@@H](C)C(=O)N[C@@H](Cc1ccccc1)c1nccs1)OC)N(C)C(=O)[C@@H](NC(=O)[C@H](C(C)C)N(C)C(=O)OCc1ccc(C)cc1)C(C)C. The molecule has 7 aromatic rings. The van der Waals surface area contributed by atoms with Crippen molar-refractivity contribution in [2.24, 2.45) is 35.5 Å². The molecule has 752 valence electrons. The first-order valence-corrected chi connectivity index (χ1v) is 49.7. The van der Waals surface area contributed by atoms with E-state index in [9.17, 15) is 57.5 Å². The Balaban J connectivity index is 0.000000311. The second kappa shape index (κ2) is 54.3. The average Bonchev–Trinajstić information content (AvgIpc) is 1.61. The first-order valence-electron chi connectivity index (χ1n) is 48.8. The highest BCUT2D eigenvalue weighted by molar-refractivity contribution is 7.09. The average molecular weight is 1930 g/mol. The van der Waals surface area contributed by atoms with Crippen molar-refractivity contribution in [3.8, 4) is 11.1 Å². The summed E-state index contributed by atoms with van der Waals surface area (Å²) in [7, 11) is 9.88. The summed E-state index contributed by atoms with van der Waals surface area (Å²) in [6, 6.07) is 40.2. The Bertz CT molecular complexity index is 5100. The number of thiazole rings is 1. The van der Waals surface area contributed by atoms with Crippen LogP contribution in [0.15, 0.2) is 145 Å². The lowest BCUT2D eigenvalue weighted by atomic mass is 9.88. The van der Waals surface area contributed by atoms with E-state index in [1.54, 1.807) is 63.2 Å². The number of nitrogens with one attached hydrogen (secondary N) is 3. The van der Waals surface area contributed by atoms with E-state index in [-0.39, 0.29) is 186 Å². The number of hydrogen-bond acceptors (Lipinski definition) is 21. The van der Waals surface area contributed by atoms with Crippen LogP contribution in [0.5, 0.6) is 0 Å². The molecular weight excluding hydrogens is 1780 g/mol. The number of ketones is 2. The fourth-order valence-electron chi connectivity index (χ4n) is 18.9. The molecule has 2 aliphatic heterocycles. The number of carboxylic acid groups (broad SMARTS) is 1. The Labute approximate surface area is 818 Å². The predicted octanol–water partition coefficient (Wildman–Crippen LogP) is 14.3. The van der Waals surface area contributed by atoms with Gasteiger partial charge in [0.2, 0.25) is 41.4 Å². The second-order valence-corrected chi connectivity index (χ2v) is 38.7. The van der Waals surface area contributed by atoms with Gasteiger partial charge < -0.3 is 73.6 Å². The van der Waals surface area contributed by atoms with E-state index in [0.29, 0.717) is 64.8 Å². The van der Waals surface area contributed by atoms with E-state index in [1.807, 2.05) is 195 Å². The summed E-state index contributed by atoms with van der Waals surface area (Å²) in [4.78, 5) is 174. The van der Waals surface area contributed by atoms with Crippen molar-refractivity contribution in [3.63, 3.8) is 0 Å². The van der Waals surface area contributed by atoms with Gasteiger partial charge in [0.1, 0.15) is 36.1 Å². The number of methoxy groups -OCH3 is 2. The van der Waals surface area contributed by atoms with Crippen LogP contribution in [-0.4, -0.2) is 270 Å². The molecule has 10 rings (SSSR count). The van der Waals surface area contributed by atoms with E-state index in [2.05, 4.69) is 55.8 Å². The number of aliphatic carboxylic acids is 1. The predicted molar refractivity (Wildman–Crippen MR) is 530 cm³/mol. The van der Waals surface area contributed by atoms with Crippen LogP contribution in [-0.2, 0) is 102 Å². The summed E-state index contributed by atoms with van der Waals surface area (Å²) in [5.41, 5.74) is 9.49. The molecule has 138 heavy (non-hydrogen) atoms. The first-order chi connectivity index (χ1) is 66.0. The molecule has 32 heteroatoms. The third kappa shape index (κ3) is 30.6. The summed E-state index contributed by atoms with van der Waals surface area (Å²) in [5, 5.41) is 24.8. The molecule has 4 heterocycles. The molecule has 0 radical (unpaired) electrons. The number of benzene rings is 5. The zero-order valence-corrected chi connectivity index (χ0v) is 84.8. The Morgan fingerprint density at radius 1 is 0.616 bits per heavy atom. The smallest absolute Gasteiger partial charge is 0.424 e. The normalized spacial score (nSPS) is 15.9. The fraction of sp³-hybridized carbons (Fsp3) is 0.557. The minimum Gasteiger partial charge on any atom is -0.481 e. The van der Waals surface area contributed by atoms with Crippen LogP contribution in [0.2, 0.25) is 0 Å². The number of carboxylic acids is 1. The number of aromatic nitrogens is 2. The van der Waals surface area contributed by atoms with Crippen LogP contribution in [0.4, 0.5) is 9.59 Å². The molecule has 4 N–H and O–H groups in total. The first kappa shape index (κ1) is 110. The van der Waals surface area contributed by atoms with Crippen molar-refractivity contribution in [2.45, 2.75) is 247 Å². The summed E-state index contributed by atoms with van der Waals surface area (Å²) in [6.07, 6.45) is 3.32. The largest absolute Gasteiger partial charge is 0.481 e. The molecular formula is C106H148N12O19S. The number of fused-ring (bicyclic) bond motifs is 4. The molecule has 0 unspecified atom stereocenters. The third-order valence-electron chi connectivity index (χ3n) is 27.2. The van der Waals surface area contributed by atoms with Crippen molar-refractivity contribution >= 4 is 93.3 Å². The van der Waals surface area contributed by atoms with Gasteiger partial charge in [-0.15, -0.1) is 11.3 Å². The lowest BCUT2D eigenvalue weighted by Crippen LogP contribution is -2.60. The number of para-hydroxylation sites is 1. The molecule has 0 saturated carbocycles. The van der Waals surface area contributed by atoms with E-state index in [4.69, 9.17) is 33.5 Å². The Morgan fingerprint density at radius 2 is 1.26 bits per heavy atom. The number of likely N-dealkylation sites (tertiary alicyclic amines) is 2. The number of hydrogen-bond donors (Lipinski definition) is 4. The summed E-state index contributed by atoms with van der Waals surface area (Å²) in [6.45, 7) is 25.6. The van der Waals surface area contributed by atoms with Gasteiger partial charge in [-0.25, -0.2) is 24.6 Å². The van der Waals surface area contributed by atoms with Crippen LogP contribution in [0.25, 0.3) is 22.0 Å². The molecule has 1 aliphatic carbocycles. The zero-order chi connectivity index (χ0) is 101. The standard InChI is InChI=1S/C56H74N6O11.C50H74N6O8S/c1-7-51(64)39(4)57-55(69)48(38(2)3)35-43(63)20-21-53(66)62(29-31-72-33-32-71-30-25-54(67)68)41-22-26-60(27-23-41)52(65)24-28-61-42(34-40-14-8-13-19-50(40)61)36-58(5)59(6)56(70)73-37-49-46-17-11-9-15-44(46)45-16-10-12-18-47(45)49;1-13-34(7)44(54(9)49(60)42(31(2)3)53-47(59)43(32(4)5)55(10)50(61)64-30-37-23-21-33(6)22-24-37)40(62-11)29-41(57)56-26-17-20-39(56)45(63-12)35(8)46(58)52-38(48-51-25-27-65-48)28-36-18-15-14-16-19-36/h8-19,34,38-39,41,48-49H,7,20-33,35-37H2,1-6H3,(H,57,69)(H,67,68);14-16,18-19,21-25,27,31-32,34-35,38-40,42-45H,13,17,20,26,28-30H2,1-12H3,(H,52,58)(H,53,59)/t39-,48-;34-,35+,38-,39-,40+,42-,43-,44-,45+/m00/s1. The Kier molecular flexibility index (Phi) is 43.4. The number of Topliss-reactive ketones (excluding diaryl/α,β-unsaturated/α-hetero) is 2. The maximum Gasteiger partial charge on any atom is 0.424 e. The number of piperidine rings is 1. The molecule has 31 nitrogen and oxygen atoms in total. The number of rotatable bonds is 51. The third-order valence-corrected chi connectivity index (χ3v) is 28.0. The second-order valence-electron chi connectivity index (χ2n) is 37.7.